The first-order valence-electron chi connectivity index (χ1n) is 7.69. The molecule has 0 radical (unpaired) electrons. The molecule has 0 saturated heterocycles. The van der Waals surface area contributed by atoms with E-state index in [4.69, 9.17) is 16.0 Å². The lowest BCUT2D eigenvalue weighted by Gasteiger charge is -2.07. The number of amides is 1. The Balaban J connectivity index is 1.51. The van der Waals surface area contributed by atoms with Crippen molar-refractivity contribution in [1.82, 2.24) is 10.2 Å². The van der Waals surface area contributed by atoms with Crippen LogP contribution in [0.1, 0.15) is 12.0 Å². The van der Waals surface area contributed by atoms with Crippen molar-refractivity contribution in [3.8, 4) is 11.5 Å². The van der Waals surface area contributed by atoms with E-state index in [0.717, 1.165) is 16.8 Å². The minimum atomic E-state index is -0.0450. The van der Waals surface area contributed by atoms with Gasteiger partial charge in [-0.15, -0.1) is 10.2 Å². The number of nitrogens with zero attached hydrogens (tertiary/aromatic N) is 2. The number of anilines is 1. The molecular formula is C18H16ClN3O2S. The molecule has 2 aromatic carbocycles. The molecule has 0 aliphatic carbocycles. The van der Waals surface area contributed by atoms with Crippen LogP contribution in [0.2, 0.25) is 5.02 Å². The van der Waals surface area contributed by atoms with Gasteiger partial charge in [0, 0.05) is 28.4 Å². The molecular weight excluding hydrogens is 358 g/mol. The van der Waals surface area contributed by atoms with E-state index in [0.29, 0.717) is 28.3 Å². The van der Waals surface area contributed by atoms with Gasteiger partial charge in [-0.25, -0.2) is 0 Å². The number of carbonyl (C=O) groups excluding carboxylic acids is 1. The molecule has 0 saturated carbocycles. The zero-order valence-corrected chi connectivity index (χ0v) is 15.1. The number of para-hydroxylation sites is 1. The first-order valence-corrected chi connectivity index (χ1v) is 9.06. The maximum Gasteiger partial charge on any atom is 0.276 e. The van der Waals surface area contributed by atoms with Gasteiger partial charge in [-0.05, 0) is 36.8 Å². The minimum Gasteiger partial charge on any atom is -0.411 e. The van der Waals surface area contributed by atoms with Gasteiger partial charge in [-0.1, -0.05) is 47.6 Å². The second kappa shape index (κ2) is 8.18. The van der Waals surface area contributed by atoms with Gasteiger partial charge < -0.3 is 9.73 Å². The minimum absolute atomic E-state index is 0.0450. The normalized spacial score (nSPS) is 10.6. The molecule has 3 rings (SSSR count). The van der Waals surface area contributed by atoms with E-state index >= 15 is 0 Å². The van der Waals surface area contributed by atoms with Crippen molar-refractivity contribution in [2.45, 2.75) is 18.6 Å². The Bertz CT molecular complexity index is 882. The van der Waals surface area contributed by atoms with Crippen LogP contribution in [-0.2, 0) is 4.79 Å². The van der Waals surface area contributed by atoms with Gasteiger partial charge >= 0.3 is 0 Å². The summed E-state index contributed by atoms with van der Waals surface area (Å²) in [6, 6.07) is 14.9. The van der Waals surface area contributed by atoms with Crippen LogP contribution in [-0.4, -0.2) is 21.9 Å². The predicted molar refractivity (Wildman–Crippen MR) is 99.9 cm³/mol. The lowest BCUT2D eigenvalue weighted by atomic mass is 10.2. The molecule has 0 spiro atoms. The monoisotopic (exact) mass is 373 g/mol. The highest BCUT2D eigenvalue weighted by molar-refractivity contribution is 7.99. The number of hydrogen-bond donors (Lipinski definition) is 1. The highest BCUT2D eigenvalue weighted by atomic mass is 35.5. The lowest BCUT2D eigenvalue weighted by molar-refractivity contribution is -0.115. The Labute approximate surface area is 154 Å². The molecule has 0 bridgehead atoms. The summed E-state index contributed by atoms with van der Waals surface area (Å²) in [6.07, 6.45) is 0.355. The van der Waals surface area contributed by atoms with E-state index in [2.05, 4.69) is 15.5 Å². The molecule has 0 aliphatic rings. The summed E-state index contributed by atoms with van der Waals surface area (Å²) >= 11 is 7.31. The molecule has 0 unspecified atom stereocenters. The predicted octanol–water partition coefficient (Wildman–Crippen LogP) is 4.82. The Morgan fingerprint density at radius 2 is 2.04 bits per heavy atom. The van der Waals surface area contributed by atoms with Crippen molar-refractivity contribution in [3.63, 3.8) is 0 Å². The number of halogens is 1. The van der Waals surface area contributed by atoms with Gasteiger partial charge in [0.05, 0.1) is 0 Å². The van der Waals surface area contributed by atoms with Gasteiger partial charge in [-0.3, -0.25) is 4.79 Å². The van der Waals surface area contributed by atoms with Crippen LogP contribution in [0.25, 0.3) is 11.5 Å². The average molecular weight is 374 g/mol. The van der Waals surface area contributed by atoms with Gasteiger partial charge in [0.2, 0.25) is 11.8 Å². The standard InChI is InChI=1S/C18H16ClN3O2S/c1-12-5-2-3-8-15(12)20-16(23)9-10-25-18-22-21-17(24-18)13-6-4-7-14(19)11-13/h2-8,11H,9-10H2,1H3,(H,20,23). The number of aromatic nitrogens is 2. The Kier molecular flexibility index (Phi) is 5.73. The van der Waals surface area contributed by atoms with Crippen molar-refractivity contribution in [2.75, 3.05) is 11.1 Å². The summed E-state index contributed by atoms with van der Waals surface area (Å²) in [5, 5.41) is 11.9. The van der Waals surface area contributed by atoms with Crippen molar-refractivity contribution < 1.29 is 9.21 Å². The van der Waals surface area contributed by atoms with Gasteiger partial charge in [-0.2, -0.15) is 0 Å². The maximum absolute atomic E-state index is 12.0. The quantitative estimate of drug-likeness (QED) is 0.627. The van der Waals surface area contributed by atoms with Crippen LogP contribution in [0.4, 0.5) is 5.69 Å². The summed E-state index contributed by atoms with van der Waals surface area (Å²) in [5.41, 5.74) is 2.63. The third-order valence-corrected chi connectivity index (χ3v) is 4.51. The number of benzene rings is 2. The van der Waals surface area contributed by atoms with E-state index in [1.54, 1.807) is 12.1 Å². The van der Waals surface area contributed by atoms with Crippen LogP contribution >= 0.6 is 23.4 Å². The first-order chi connectivity index (χ1) is 12.1. The Morgan fingerprint density at radius 3 is 2.84 bits per heavy atom. The number of nitrogens with one attached hydrogen (secondary N) is 1. The molecule has 0 fully saturated rings. The summed E-state index contributed by atoms with van der Waals surface area (Å²) < 4.78 is 5.59. The third-order valence-electron chi connectivity index (χ3n) is 3.45. The van der Waals surface area contributed by atoms with Gasteiger partial charge in [0.25, 0.3) is 5.22 Å². The van der Waals surface area contributed by atoms with Crippen molar-refractivity contribution >= 4 is 35.0 Å². The number of carbonyl (C=O) groups is 1. The number of thioether (sulfide) groups is 1. The van der Waals surface area contributed by atoms with E-state index in [-0.39, 0.29) is 5.91 Å². The fraction of sp³-hybridized carbons (Fsp3) is 0.167. The molecule has 0 aliphatic heterocycles. The van der Waals surface area contributed by atoms with E-state index in [9.17, 15) is 4.79 Å². The first kappa shape index (κ1) is 17.5. The molecule has 3 aromatic rings. The molecule has 5 nitrogen and oxygen atoms in total. The zero-order chi connectivity index (χ0) is 17.6. The molecule has 25 heavy (non-hydrogen) atoms. The van der Waals surface area contributed by atoms with E-state index in [1.807, 2.05) is 43.3 Å². The highest BCUT2D eigenvalue weighted by Gasteiger charge is 2.11. The second-order valence-electron chi connectivity index (χ2n) is 5.35. The maximum atomic E-state index is 12.0. The summed E-state index contributed by atoms with van der Waals surface area (Å²) in [7, 11) is 0. The van der Waals surface area contributed by atoms with Crippen molar-refractivity contribution in [2.24, 2.45) is 0 Å². The Hall–Kier alpha value is -2.31. The van der Waals surface area contributed by atoms with E-state index < -0.39 is 0 Å². The fourth-order valence-corrected chi connectivity index (χ4v) is 3.05. The SMILES string of the molecule is Cc1ccccc1NC(=O)CCSc1nnc(-c2cccc(Cl)c2)o1. The molecule has 1 amide bonds. The summed E-state index contributed by atoms with van der Waals surface area (Å²) in [4.78, 5) is 12.0. The largest absolute Gasteiger partial charge is 0.411 e. The fourth-order valence-electron chi connectivity index (χ4n) is 2.16. The molecule has 1 aromatic heterocycles. The second-order valence-corrected chi connectivity index (χ2v) is 6.83. The van der Waals surface area contributed by atoms with Crippen LogP contribution < -0.4 is 5.32 Å². The molecule has 1 heterocycles. The van der Waals surface area contributed by atoms with Gasteiger partial charge in [0.1, 0.15) is 0 Å². The molecule has 0 atom stereocenters. The van der Waals surface area contributed by atoms with Crippen molar-refractivity contribution in [1.29, 1.82) is 0 Å². The lowest BCUT2D eigenvalue weighted by Crippen LogP contribution is -2.12. The number of aryl methyl sites for hydroxylation is 1. The smallest absolute Gasteiger partial charge is 0.276 e. The molecule has 128 valence electrons. The Morgan fingerprint density at radius 1 is 1.20 bits per heavy atom. The number of hydrogen-bond acceptors (Lipinski definition) is 5. The van der Waals surface area contributed by atoms with E-state index in [1.165, 1.54) is 11.8 Å². The zero-order valence-electron chi connectivity index (χ0n) is 13.5. The highest BCUT2D eigenvalue weighted by Crippen LogP contribution is 2.25. The summed E-state index contributed by atoms with van der Waals surface area (Å²) in [6.45, 7) is 1.96. The molecule has 7 heteroatoms. The van der Waals surface area contributed by atoms with Crippen LogP contribution in [0.15, 0.2) is 58.2 Å². The van der Waals surface area contributed by atoms with Crippen LogP contribution in [0, 0.1) is 6.92 Å². The average Bonchev–Trinajstić information content (AvgIpc) is 3.06. The van der Waals surface area contributed by atoms with Gasteiger partial charge in [0.15, 0.2) is 0 Å². The van der Waals surface area contributed by atoms with Crippen LogP contribution in [0.5, 0.6) is 0 Å². The third kappa shape index (κ3) is 4.84. The van der Waals surface area contributed by atoms with Crippen molar-refractivity contribution in [3.05, 3.63) is 59.1 Å². The van der Waals surface area contributed by atoms with Crippen LogP contribution in [0.3, 0.4) is 0 Å². The topological polar surface area (TPSA) is 68.0 Å². The summed E-state index contributed by atoms with van der Waals surface area (Å²) in [5.74, 6) is 0.917. The number of rotatable bonds is 6. The molecule has 1 N–H and O–H groups in total.